The number of rotatable bonds is 3. The van der Waals surface area contributed by atoms with E-state index in [9.17, 15) is 14.4 Å². The molecule has 0 spiro atoms. The third kappa shape index (κ3) is 7.25. The lowest BCUT2D eigenvalue weighted by molar-refractivity contribution is -0.148. The second kappa shape index (κ2) is 12.9. The van der Waals surface area contributed by atoms with Gasteiger partial charge in [0.1, 0.15) is 12.2 Å². The van der Waals surface area contributed by atoms with Gasteiger partial charge in [0.05, 0.1) is 13.7 Å². The van der Waals surface area contributed by atoms with Crippen molar-refractivity contribution in [1.82, 2.24) is 9.80 Å². The van der Waals surface area contributed by atoms with E-state index in [-0.39, 0.29) is 32.2 Å². The highest BCUT2D eigenvalue weighted by Crippen LogP contribution is 2.44. The summed E-state index contributed by atoms with van der Waals surface area (Å²) < 4.78 is 16.0. The number of hydrogen-bond acceptors (Lipinski definition) is 6. The fourth-order valence-corrected chi connectivity index (χ4v) is 5.05. The van der Waals surface area contributed by atoms with Crippen LogP contribution in [0.2, 0.25) is 0 Å². The van der Waals surface area contributed by atoms with Crippen molar-refractivity contribution in [3.05, 3.63) is 95.6 Å². The monoisotopic (exact) mass is 558 g/mol. The third-order valence-electron chi connectivity index (χ3n) is 7.02. The van der Waals surface area contributed by atoms with Crippen molar-refractivity contribution in [1.29, 1.82) is 0 Å². The van der Waals surface area contributed by atoms with Crippen LogP contribution in [0.5, 0.6) is 0 Å². The first-order valence-corrected chi connectivity index (χ1v) is 13.8. The Morgan fingerprint density at radius 1 is 0.805 bits per heavy atom. The SMILES string of the molecule is COC(=O)C1CN(C(=O)OCC2c3ccccc3-c3ccccc32)CCN1C(=O)OC(C)(C)C.Cc1ccccc1. The Kier molecular flexibility index (Phi) is 9.32. The molecule has 8 heteroatoms. The molecule has 0 radical (unpaired) electrons. The van der Waals surface area contributed by atoms with Crippen LogP contribution in [0, 0.1) is 6.92 Å². The Morgan fingerprint density at radius 3 is 1.88 bits per heavy atom. The molecule has 3 aromatic carbocycles. The number of aryl methyl sites for hydroxylation is 1. The highest BCUT2D eigenvalue weighted by atomic mass is 16.6. The second-order valence-electron chi connectivity index (χ2n) is 11.1. The van der Waals surface area contributed by atoms with Crippen molar-refractivity contribution in [2.75, 3.05) is 33.4 Å². The van der Waals surface area contributed by atoms with Crippen LogP contribution in [0.1, 0.15) is 43.4 Å². The lowest BCUT2D eigenvalue weighted by Gasteiger charge is -2.39. The van der Waals surface area contributed by atoms with Crippen LogP contribution < -0.4 is 0 Å². The number of carbonyl (C=O) groups excluding carboxylic acids is 3. The molecule has 41 heavy (non-hydrogen) atoms. The normalized spacial score (nSPS) is 16.1. The van der Waals surface area contributed by atoms with E-state index in [1.807, 2.05) is 42.5 Å². The molecule has 216 valence electrons. The van der Waals surface area contributed by atoms with Crippen LogP contribution in [0.4, 0.5) is 9.59 Å². The summed E-state index contributed by atoms with van der Waals surface area (Å²) in [6, 6.07) is 25.5. The van der Waals surface area contributed by atoms with Gasteiger partial charge >= 0.3 is 18.2 Å². The molecule has 2 aliphatic rings. The summed E-state index contributed by atoms with van der Waals surface area (Å²) in [7, 11) is 1.25. The first kappa shape index (κ1) is 29.6. The molecule has 3 aromatic rings. The van der Waals surface area contributed by atoms with Crippen molar-refractivity contribution in [3.8, 4) is 11.1 Å². The zero-order valence-corrected chi connectivity index (χ0v) is 24.3. The van der Waals surface area contributed by atoms with E-state index in [1.54, 1.807) is 20.8 Å². The van der Waals surface area contributed by atoms with Crippen LogP contribution in [-0.4, -0.2) is 72.9 Å². The number of benzene rings is 3. The lowest BCUT2D eigenvalue weighted by atomic mass is 9.98. The van der Waals surface area contributed by atoms with E-state index in [0.29, 0.717) is 0 Å². The molecule has 1 aliphatic heterocycles. The molecule has 0 bridgehead atoms. The van der Waals surface area contributed by atoms with Gasteiger partial charge in [-0.1, -0.05) is 84.4 Å². The van der Waals surface area contributed by atoms with Gasteiger partial charge in [0.2, 0.25) is 0 Å². The number of nitrogens with zero attached hydrogens (tertiary/aromatic N) is 2. The third-order valence-corrected chi connectivity index (χ3v) is 7.02. The van der Waals surface area contributed by atoms with Crippen LogP contribution in [0.15, 0.2) is 78.9 Å². The zero-order valence-electron chi connectivity index (χ0n) is 24.3. The molecule has 1 aliphatic carbocycles. The van der Waals surface area contributed by atoms with Gasteiger partial charge in [-0.15, -0.1) is 0 Å². The summed E-state index contributed by atoms with van der Waals surface area (Å²) in [4.78, 5) is 40.7. The van der Waals surface area contributed by atoms with Crippen LogP contribution in [-0.2, 0) is 19.0 Å². The maximum Gasteiger partial charge on any atom is 0.411 e. The molecule has 1 atom stereocenters. The van der Waals surface area contributed by atoms with E-state index >= 15 is 0 Å². The van der Waals surface area contributed by atoms with Gasteiger partial charge in [-0.25, -0.2) is 14.4 Å². The number of esters is 1. The van der Waals surface area contributed by atoms with Crippen LogP contribution >= 0.6 is 0 Å². The highest BCUT2D eigenvalue weighted by molar-refractivity contribution is 5.83. The predicted molar refractivity (Wildman–Crippen MR) is 157 cm³/mol. The molecule has 8 nitrogen and oxygen atoms in total. The number of piperazine rings is 1. The summed E-state index contributed by atoms with van der Waals surface area (Å²) in [6.45, 7) is 7.87. The summed E-state index contributed by atoms with van der Waals surface area (Å²) in [6.07, 6.45) is -1.14. The zero-order chi connectivity index (χ0) is 29.6. The van der Waals surface area contributed by atoms with Crippen molar-refractivity contribution in [2.24, 2.45) is 0 Å². The highest BCUT2D eigenvalue weighted by Gasteiger charge is 2.40. The molecule has 0 saturated carbocycles. The van der Waals surface area contributed by atoms with Crippen LogP contribution in [0.3, 0.4) is 0 Å². The molecule has 1 heterocycles. The Hall–Kier alpha value is -4.33. The van der Waals surface area contributed by atoms with Crippen molar-refractivity contribution in [2.45, 2.75) is 45.3 Å². The standard InChI is InChI=1S/C26H30N2O6.C7H8/c1-26(2,3)34-25(31)28-14-13-27(15-22(28)23(29)32-4)24(30)33-16-21-19-11-7-5-9-17(19)18-10-6-8-12-20(18)21;1-7-5-3-2-4-6-7/h5-12,21-22H,13-16H2,1-4H3;2-6H,1H3. The Balaban J connectivity index is 0.000000483. The molecule has 0 N–H and O–H groups in total. The van der Waals surface area contributed by atoms with Gasteiger partial charge in [-0.2, -0.15) is 0 Å². The number of amides is 2. The predicted octanol–water partition coefficient (Wildman–Crippen LogP) is 6.02. The van der Waals surface area contributed by atoms with Gasteiger partial charge in [-0.05, 0) is 49.9 Å². The van der Waals surface area contributed by atoms with Crippen molar-refractivity contribution in [3.63, 3.8) is 0 Å². The minimum absolute atomic E-state index is 0.0252. The molecule has 2 amide bonds. The lowest BCUT2D eigenvalue weighted by Crippen LogP contribution is -2.60. The maximum absolute atomic E-state index is 13.0. The molecule has 0 aromatic heterocycles. The van der Waals surface area contributed by atoms with Crippen molar-refractivity contribution < 1.29 is 28.6 Å². The first-order valence-electron chi connectivity index (χ1n) is 13.8. The summed E-state index contributed by atoms with van der Waals surface area (Å²) >= 11 is 0. The molecular formula is C33H38N2O6. The fraction of sp³-hybridized carbons (Fsp3) is 0.364. The number of ether oxygens (including phenoxy) is 3. The second-order valence-corrected chi connectivity index (χ2v) is 11.1. The van der Waals surface area contributed by atoms with E-state index in [4.69, 9.17) is 14.2 Å². The van der Waals surface area contributed by atoms with Crippen LogP contribution in [0.25, 0.3) is 11.1 Å². The van der Waals surface area contributed by atoms with E-state index in [1.165, 1.54) is 22.5 Å². The van der Waals surface area contributed by atoms with Gasteiger partial charge in [0.15, 0.2) is 6.04 Å². The molecule has 1 fully saturated rings. The average Bonchev–Trinajstić information content (AvgIpc) is 3.28. The Bertz CT molecular complexity index is 1320. The summed E-state index contributed by atoms with van der Waals surface area (Å²) in [5.74, 6) is -0.669. The molecule has 5 rings (SSSR count). The van der Waals surface area contributed by atoms with E-state index in [0.717, 1.165) is 22.3 Å². The largest absolute Gasteiger partial charge is 0.467 e. The van der Waals surface area contributed by atoms with Gasteiger partial charge in [-0.3, -0.25) is 4.90 Å². The average molecular weight is 559 g/mol. The number of methoxy groups -OCH3 is 1. The fourth-order valence-electron chi connectivity index (χ4n) is 5.05. The quantitative estimate of drug-likeness (QED) is 0.289. The smallest absolute Gasteiger partial charge is 0.411 e. The summed E-state index contributed by atoms with van der Waals surface area (Å²) in [5, 5.41) is 0. The number of carbonyl (C=O) groups is 3. The topological polar surface area (TPSA) is 85.4 Å². The van der Waals surface area contributed by atoms with Gasteiger partial charge < -0.3 is 19.1 Å². The maximum atomic E-state index is 13.0. The Morgan fingerprint density at radius 2 is 1.37 bits per heavy atom. The minimum Gasteiger partial charge on any atom is -0.467 e. The van der Waals surface area contributed by atoms with Gasteiger partial charge in [0.25, 0.3) is 0 Å². The van der Waals surface area contributed by atoms with E-state index < -0.39 is 29.8 Å². The van der Waals surface area contributed by atoms with Crippen molar-refractivity contribution >= 4 is 18.2 Å². The number of hydrogen-bond donors (Lipinski definition) is 0. The first-order chi connectivity index (χ1) is 19.6. The Labute approximate surface area is 241 Å². The number of fused-ring (bicyclic) bond motifs is 3. The minimum atomic E-state index is -0.964. The van der Waals surface area contributed by atoms with Gasteiger partial charge in [0, 0.05) is 19.0 Å². The molecule has 1 unspecified atom stereocenters. The van der Waals surface area contributed by atoms with E-state index in [2.05, 4.69) is 43.3 Å². The summed E-state index contributed by atoms with van der Waals surface area (Å²) in [5.41, 5.74) is 5.16. The molecule has 1 saturated heterocycles. The molecular weight excluding hydrogens is 520 g/mol.